The molecule has 1 fully saturated rings. The molecule has 24 heavy (non-hydrogen) atoms. The van der Waals surface area contributed by atoms with E-state index in [4.69, 9.17) is 5.26 Å². The number of carbonyl (C=O) groups is 2. The lowest BCUT2D eigenvalue weighted by Crippen LogP contribution is -2.27. The van der Waals surface area contributed by atoms with Crippen molar-refractivity contribution >= 4 is 17.5 Å². The number of nitrogens with one attached hydrogen (secondary N) is 2. The molecular weight excluding hydrogens is 302 g/mol. The van der Waals surface area contributed by atoms with Crippen LogP contribution in [0, 0.1) is 23.2 Å². The zero-order chi connectivity index (χ0) is 16.9. The summed E-state index contributed by atoms with van der Waals surface area (Å²) in [5.41, 5.74) is 2.09. The zero-order valence-electron chi connectivity index (χ0n) is 13.0. The average molecular weight is 319 g/mol. The Morgan fingerprint density at radius 2 is 1.79 bits per heavy atom. The van der Waals surface area contributed by atoms with Gasteiger partial charge in [-0.05, 0) is 30.2 Å². The van der Waals surface area contributed by atoms with Crippen molar-refractivity contribution in [1.29, 1.82) is 5.26 Å². The van der Waals surface area contributed by atoms with Gasteiger partial charge in [0.1, 0.15) is 0 Å². The molecule has 5 nitrogen and oxygen atoms in total. The van der Waals surface area contributed by atoms with Crippen molar-refractivity contribution in [1.82, 2.24) is 5.32 Å². The molecule has 0 saturated heterocycles. The minimum Gasteiger partial charge on any atom is -0.352 e. The van der Waals surface area contributed by atoms with Gasteiger partial charge < -0.3 is 10.6 Å². The lowest BCUT2D eigenvalue weighted by molar-refractivity contribution is -0.125. The second-order valence-electron chi connectivity index (χ2n) is 5.83. The molecule has 2 N–H and O–H groups in total. The highest BCUT2D eigenvalue weighted by Gasteiger charge is 2.47. The fraction of sp³-hybridized carbons (Fsp3) is 0.211. The summed E-state index contributed by atoms with van der Waals surface area (Å²) in [5.74, 6) is -0.839. The Kier molecular flexibility index (Phi) is 4.57. The standard InChI is InChI=1S/C19H17N3O2/c20-11-14-7-4-8-15(9-14)22-19(24)17-10-16(17)18(23)21-12-13-5-2-1-3-6-13/h1-9,16-17H,10,12H2,(H,21,23)(H,22,24). The SMILES string of the molecule is N#Cc1cccc(NC(=O)C2CC2C(=O)NCc2ccccc2)c1. The second-order valence-corrected chi connectivity index (χ2v) is 5.83. The molecule has 1 saturated carbocycles. The van der Waals surface area contributed by atoms with Gasteiger partial charge in [-0.1, -0.05) is 36.4 Å². The summed E-state index contributed by atoms with van der Waals surface area (Å²) in [4.78, 5) is 24.3. The average Bonchev–Trinajstić information content (AvgIpc) is 3.42. The maximum atomic E-state index is 12.2. The summed E-state index contributed by atoms with van der Waals surface area (Å²) in [7, 11) is 0. The van der Waals surface area contributed by atoms with E-state index in [0.29, 0.717) is 24.2 Å². The van der Waals surface area contributed by atoms with E-state index in [2.05, 4.69) is 10.6 Å². The Balaban J connectivity index is 1.50. The summed E-state index contributed by atoms with van der Waals surface area (Å²) in [5, 5.41) is 14.5. The van der Waals surface area contributed by atoms with Crippen LogP contribution < -0.4 is 10.6 Å². The fourth-order valence-electron chi connectivity index (χ4n) is 2.59. The predicted molar refractivity (Wildman–Crippen MR) is 89.7 cm³/mol. The lowest BCUT2D eigenvalue weighted by atomic mass is 10.2. The zero-order valence-corrected chi connectivity index (χ0v) is 13.0. The van der Waals surface area contributed by atoms with E-state index in [0.717, 1.165) is 5.56 Å². The number of hydrogen-bond donors (Lipinski definition) is 2. The van der Waals surface area contributed by atoms with Gasteiger partial charge >= 0.3 is 0 Å². The summed E-state index contributed by atoms with van der Waals surface area (Å²) < 4.78 is 0. The van der Waals surface area contributed by atoms with Crippen molar-refractivity contribution in [2.24, 2.45) is 11.8 Å². The highest BCUT2D eigenvalue weighted by molar-refractivity contribution is 5.99. The number of anilines is 1. The molecule has 5 heteroatoms. The molecule has 0 heterocycles. The van der Waals surface area contributed by atoms with Crippen LogP contribution in [0.2, 0.25) is 0 Å². The highest BCUT2D eigenvalue weighted by atomic mass is 16.2. The first-order chi connectivity index (χ1) is 11.7. The molecule has 2 amide bonds. The molecule has 2 aromatic carbocycles. The van der Waals surface area contributed by atoms with Gasteiger partial charge in [-0.2, -0.15) is 5.26 Å². The van der Waals surface area contributed by atoms with Crippen molar-refractivity contribution in [3.8, 4) is 6.07 Å². The van der Waals surface area contributed by atoms with Crippen LogP contribution in [0.5, 0.6) is 0 Å². The molecule has 1 aliphatic carbocycles. The summed E-state index contributed by atoms with van der Waals surface area (Å²) >= 11 is 0. The van der Waals surface area contributed by atoms with Gasteiger partial charge in [0, 0.05) is 12.2 Å². The van der Waals surface area contributed by atoms with Crippen molar-refractivity contribution in [2.75, 3.05) is 5.32 Å². The number of rotatable bonds is 5. The van der Waals surface area contributed by atoms with E-state index >= 15 is 0 Å². The monoisotopic (exact) mass is 319 g/mol. The van der Waals surface area contributed by atoms with Crippen LogP contribution in [0.1, 0.15) is 17.5 Å². The van der Waals surface area contributed by atoms with E-state index in [1.807, 2.05) is 36.4 Å². The predicted octanol–water partition coefficient (Wildman–Crippen LogP) is 2.45. The van der Waals surface area contributed by atoms with E-state index in [1.165, 1.54) is 0 Å². The van der Waals surface area contributed by atoms with Crippen molar-refractivity contribution in [2.45, 2.75) is 13.0 Å². The Morgan fingerprint density at radius 3 is 2.54 bits per heavy atom. The van der Waals surface area contributed by atoms with Gasteiger partial charge in [0.25, 0.3) is 0 Å². The van der Waals surface area contributed by atoms with Crippen molar-refractivity contribution in [3.05, 3.63) is 65.7 Å². The molecule has 0 spiro atoms. The third-order valence-corrected chi connectivity index (χ3v) is 4.03. The van der Waals surface area contributed by atoms with Gasteiger partial charge in [0.2, 0.25) is 11.8 Å². The lowest BCUT2D eigenvalue weighted by Gasteiger charge is -2.06. The van der Waals surface area contributed by atoms with Crippen LogP contribution in [0.4, 0.5) is 5.69 Å². The molecule has 2 unspecified atom stereocenters. The summed E-state index contributed by atoms with van der Waals surface area (Å²) in [6, 6.07) is 18.4. The van der Waals surface area contributed by atoms with E-state index in [1.54, 1.807) is 24.3 Å². The number of benzene rings is 2. The molecule has 0 aromatic heterocycles. The number of amides is 2. The largest absolute Gasteiger partial charge is 0.352 e. The smallest absolute Gasteiger partial charge is 0.228 e. The number of carbonyl (C=O) groups excluding carboxylic acids is 2. The Morgan fingerprint density at radius 1 is 1.04 bits per heavy atom. The summed E-state index contributed by atoms with van der Waals surface area (Å²) in [6.07, 6.45) is 0.560. The molecular formula is C19H17N3O2. The highest BCUT2D eigenvalue weighted by Crippen LogP contribution is 2.39. The van der Waals surface area contributed by atoms with Crippen LogP contribution in [-0.2, 0) is 16.1 Å². The topological polar surface area (TPSA) is 82.0 Å². The van der Waals surface area contributed by atoms with Crippen LogP contribution in [0.15, 0.2) is 54.6 Å². The van der Waals surface area contributed by atoms with Crippen LogP contribution in [-0.4, -0.2) is 11.8 Å². The van der Waals surface area contributed by atoms with Crippen LogP contribution >= 0.6 is 0 Å². The molecule has 2 aromatic rings. The Hall–Kier alpha value is -3.13. The molecule has 0 radical (unpaired) electrons. The Bertz CT molecular complexity index is 796. The van der Waals surface area contributed by atoms with Gasteiger partial charge in [0.15, 0.2) is 0 Å². The number of nitrogens with zero attached hydrogens (tertiary/aromatic N) is 1. The van der Waals surface area contributed by atoms with E-state index < -0.39 is 0 Å². The maximum absolute atomic E-state index is 12.2. The normalized spacial score (nSPS) is 18.3. The molecule has 1 aliphatic rings. The van der Waals surface area contributed by atoms with E-state index in [9.17, 15) is 9.59 Å². The van der Waals surface area contributed by atoms with Crippen LogP contribution in [0.3, 0.4) is 0 Å². The molecule has 120 valence electrons. The van der Waals surface area contributed by atoms with Gasteiger partial charge in [-0.25, -0.2) is 0 Å². The first kappa shape index (κ1) is 15.8. The minimum absolute atomic E-state index is 0.0928. The fourth-order valence-corrected chi connectivity index (χ4v) is 2.59. The minimum atomic E-state index is -0.300. The first-order valence-corrected chi connectivity index (χ1v) is 7.80. The van der Waals surface area contributed by atoms with Crippen molar-refractivity contribution in [3.63, 3.8) is 0 Å². The Labute approximate surface area is 140 Å². The van der Waals surface area contributed by atoms with Crippen LogP contribution in [0.25, 0.3) is 0 Å². The quantitative estimate of drug-likeness (QED) is 0.888. The van der Waals surface area contributed by atoms with Crippen molar-refractivity contribution < 1.29 is 9.59 Å². The molecule has 3 rings (SSSR count). The first-order valence-electron chi connectivity index (χ1n) is 7.80. The number of nitriles is 1. The molecule has 0 aliphatic heterocycles. The maximum Gasteiger partial charge on any atom is 0.228 e. The summed E-state index contributed by atoms with van der Waals surface area (Å²) in [6.45, 7) is 0.467. The number of hydrogen-bond acceptors (Lipinski definition) is 3. The third kappa shape index (κ3) is 3.79. The molecule has 0 bridgehead atoms. The van der Waals surface area contributed by atoms with E-state index in [-0.39, 0.29) is 23.7 Å². The molecule has 2 atom stereocenters. The van der Waals surface area contributed by atoms with Gasteiger partial charge in [-0.15, -0.1) is 0 Å². The second kappa shape index (κ2) is 6.97. The van der Waals surface area contributed by atoms with Gasteiger partial charge in [0.05, 0.1) is 23.5 Å². The van der Waals surface area contributed by atoms with Gasteiger partial charge in [-0.3, -0.25) is 9.59 Å². The third-order valence-electron chi connectivity index (χ3n) is 4.03.